The van der Waals surface area contributed by atoms with Gasteiger partial charge in [0.15, 0.2) is 11.0 Å². The predicted molar refractivity (Wildman–Crippen MR) is 146 cm³/mol. The first-order chi connectivity index (χ1) is 17.9. The summed E-state index contributed by atoms with van der Waals surface area (Å²) in [5.74, 6) is 0.548. The molecule has 0 atom stereocenters. The van der Waals surface area contributed by atoms with E-state index < -0.39 is 11.7 Å². The summed E-state index contributed by atoms with van der Waals surface area (Å²) in [7, 11) is 0. The number of rotatable bonds is 7. The van der Waals surface area contributed by atoms with Gasteiger partial charge in [-0.15, -0.1) is 10.2 Å². The first-order valence-electron chi connectivity index (χ1n) is 11.8. The van der Waals surface area contributed by atoms with Crippen molar-refractivity contribution in [1.82, 2.24) is 20.1 Å². The molecule has 0 unspecified atom stereocenters. The molecule has 0 aliphatic heterocycles. The van der Waals surface area contributed by atoms with Crippen LogP contribution in [0.2, 0.25) is 0 Å². The molecule has 0 fully saturated rings. The van der Waals surface area contributed by atoms with Crippen molar-refractivity contribution in [3.05, 3.63) is 105 Å². The summed E-state index contributed by atoms with van der Waals surface area (Å²) in [5, 5.41) is 11.7. The van der Waals surface area contributed by atoms with E-state index in [0.29, 0.717) is 22.3 Å². The summed E-state index contributed by atoms with van der Waals surface area (Å²) in [6, 6.07) is 20.1. The molecule has 1 N–H and O–H groups in total. The van der Waals surface area contributed by atoms with Crippen molar-refractivity contribution in [2.24, 2.45) is 0 Å². The third kappa shape index (κ3) is 6.85. The van der Waals surface area contributed by atoms with Gasteiger partial charge in [-0.2, -0.15) is 13.2 Å². The van der Waals surface area contributed by atoms with Crippen molar-refractivity contribution >= 4 is 33.6 Å². The molecule has 0 spiro atoms. The Bertz CT molecular complexity index is 1410. The van der Waals surface area contributed by atoms with E-state index in [2.05, 4.69) is 52.2 Å². The minimum Gasteiger partial charge on any atom is -0.345 e. The zero-order valence-electron chi connectivity index (χ0n) is 21.0. The SMILES string of the molecule is CC(C)(C)c1ccc(C(=O)NCc2nnc(SCc3ccc(Br)cc3)n2-c2cccc(C(F)(F)F)c2)cc1. The van der Waals surface area contributed by atoms with Gasteiger partial charge in [-0.25, -0.2) is 0 Å². The van der Waals surface area contributed by atoms with E-state index in [-0.39, 0.29) is 23.6 Å². The van der Waals surface area contributed by atoms with Gasteiger partial charge in [0.05, 0.1) is 17.8 Å². The van der Waals surface area contributed by atoms with Crippen LogP contribution in [-0.2, 0) is 23.9 Å². The van der Waals surface area contributed by atoms with Crippen molar-refractivity contribution in [3.8, 4) is 5.69 Å². The summed E-state index contributed by atoms with van der Waals surface area (Å²) in [6.45, 7) is 6.26. The molecule has 10 heteroatoms. The molecule has 0 aliphatic rings. The summed E-state index contributed by atoms with van der Waals surface area (Å²) in [4.78, 5) is 12.8. The Kier molecular flexibility index (Phi) is 8.32. The number of halogens is 4. The minimum absolute atomic E-state index is 0.0120. The van der Waals surface area contributed by atoms with E-state index in [0.717, 1.165) is 27.7 Å². The lowest BCUT2D eigenvalue weighted by molar-refractivity contribution is -0.137. The number of hydrogen-bond donors (Lipinski definition) is 1. The highest BCUT2D eigenvalue weighted by Gasteiger charge is 2.31. The number of carbonyl (C=O) groups is 1. The Morgan fingerprint density at radius 2 is 1.63 bits per heavy atom. The second kappa shape index (κ2) is 11.3. The lowest BCUT2D eigenvalue weighted by atomic mass is 9.87. The lowest BCUT2D eigenvalue weighted by Crippen LogP contribution is -2.25. The van der Waals surface area contributed by atoms with Crippen LogP contribution >= 0.6 is 27.7 Å². The van der Waals surface area contributed by atoms with Crippen LogP contribution in [-0.4, -0.2) is 20.7 Å². The molecule has 1 amide bonds. The fraction of sp³-hybridized carbons (Fsp3) is 0.250. The number of amides is 1. The van der Waals surface area contributed by atoms with E-state index in [4.69, 9.17) is 0 Å². The first-order valence-corrected chi connectivity index (χ1v) is 13.6. The molecule has 1 heterocycles. The molecule has 198 valence electrons. The van der Waals surface area contributed by atoms with Gasteiger partial charge in [0.1, 0.15) is 0 Å². The Balaban J connectivity index is 1.59. The van der Waals surface area contributed by atoms with E-state index in [1.54, 1.807) is 22.8 Å². The van der Waals surface area contributed by atoms with E-state index in [1.807, 2.05) is 36.4 Å². The van der Waals surface area contributed by atoms with Crippen LogP contribution in [0.4, 0.5) is 13.2 Å². The maximum Gasteiger partial charge on any atom is 0.416 e. The number of thioether (sulfide) groups is 1. The number of hydrogen-bond acceptors (Lipinski definition) is 4. The van der Waals surface area contributed by atoms with Gasteiger partial charge in [-0.3, -0.25) is 9.36 Å². The molecule has 0 saturated heterocycles. The molecule has 1 aromatic heterocycles. The molecule has 0 saturated carbocycles. The number of alkyl halides is 3. The molecule has 0 radical (unpaired) electrons. The Morgan fingerprint density at radius 3 is 2.26 bits per heavy atom. The molecule has 0 bridgehead atoms. The Hall–Kier alpha value is -3.11. The van der Waals surface area contributed by atoms with Gasteiger partial charge in [0, 0.05) is 15.8 Å². The molecule has 38 heavy (non-hydrogen) atoms. The lowest BCUT2D eigenvalue weighted by Gasteiger charge is -2.19. The van der Waals surface area contributed by atoms with Crippen molar-refractivity contribution in [3.63, 3.8) is 0 Å². The average molecular weight is 604 g/mol. The third-order valence-corrected chi connectivity index (χ3v) is 7.36. The maximum atomic E-state index is 13.4. The fourth-order valence-corrected chi connectivity index (χ4v) is 4.89. The number of carbonyl (C=O) groups excluding carboxylic acids is 1. The van der Waals surface area contributed by atoms with Gasteiger partial charge >= 0.3 is 6.18 Å². The van der Waals surface area contributed by atoms with Crippen LogP contribution in [0.25, 0.3) is 5.69 Å². The maximum absolute atomic E-state index is 13.4. The first kappa shape index (κ1) is 27.9. The number of nitrogens with zero attached hydrogens (tertiary/aromatic N) is 3. The van der Waals surface area contributed by atoms with E-state index in [1.165, 1.54) is 17.8 Å². The van der Waals surface area contributed by atoms with Gasteiger partial charge < -0.3 is 5.32 Å². The number of aromatic nitrogens is 3. The molecule has 4 rings (SSSR count). The van der Waals surface area contributed by atoms with Crippen molar-refractivity contribution in [1.29, 1.82) is 0 Å². The Labute approximate surface area is 232 Å². The highest BCUT2D eigenvalue weighted by atomic mass is 79.9. The van der Waals surface area contributed by atoms with Crippen molar-refractivity contribution in [2.45, 2.75) is 49.8 Å². The van der Waals surface area contributed by atoms with Gasteiger partial charge in [0.2, 0.25) is 0 Å². The standard InChI is InChI=1S/C28H26BrF3N4OS/c1-27(2,3)20-11-9-19(10-12-20)25(37)33-16-24-34-35-26(38-17-18-7-13-22(29)14-8-18)36(24)23-6-4-5-21(15-23)28(30,31)32/h4-15H,16-17H2,1-3H3,(H,33,37). The fourth-order valence-electron chi connectivity index (χ4n) is 3.70. The quantitative estimate of drug-likeness (QED) is 0.222. The van der Waals surface area contributed by atoms with Crippen molar-refractivity contribution < 1.29 is 18.0 Å². The summed E-state index contributed by atoms with van der Waals surface area (Å²) >= 11 is 4.76. The topological polar surface area (TPSA) is 59.8 Å². The molecular weight excluding hydrogens is 577 g/mol. The van der Waals surface area contributed by atoms with Crippen LogP contribution in [0.5, 0.6) is 0 Å². The largest absolute Gasteiger partial charge is 0.416 e. The van der Waals surface area contributed by atoms with Crippen molar-refractivity contribution in [2.75, 3.05) is 0 Å². The monoisotopic (exact) mass is 602 g/mol. The van der Waals surface area contributed by atoms with E-state index in [9.17, 15) is 18.0 Å². The highest BCUT2D eigenvalue weighted by Crippen LogP contribution is 2.32. The Morgan fingerprint density at radius 1 is 0.947 bits per heavy atom. The second-order valence-electron chi connectivity index (χ2n) is 9.71. The molecule has 3 aromatic carbocycles. The average Bonchev–Trinajstić information content (AvgIpc) is 3.29. The zero-order valence-corrected chi connectivity index (χ0v) is 23.4. The summed E-state index contributed by atoms with van der Waals surface area (Å²) < 4.78 is 42.9. The van der Waals surface area contributed by atoms with E-state index >= 15 is 0 Å². The summed E-state index contributed by atoms with van der Waals surface area (Å²) in [6.07, 6.45) is -4.50. The molecule has 0 aliphatic carbocycles. The second-order valence-corrected chi connectivity index (χ2v) is 11.6. The summed E-state index contributed by atoms with van der Waals surface area (Å²) in [5.41, 5.74) is 2.05. The van der Waals surface area contributed by atoms with Gasteiger partial charge in [-0.1, -0.05) is 78.8 Å². The number of nitrogens with one attached hydrogen (secondary N) is 1. The van der Waals surface area contributed by atoms with Crippen LogP contribution in [0.15, 0.2) is 82.4 Å². The normalized spacial score (nSPS) is 12.0. The predicted octanol–water partition coefficient (Wildman–Crippen LogP) is 7.57. The van der Waals surface area contributed by atoms with Crippen LogP contribution in [0.3, 0.4) is 0 Å². The third-order valence-electron chi connectivity index (χ3n) is 5.83. The van der Waals surface area contributed by atoms with Gasteiger partial charge in [-0.05, 0) is 59.0 Å². The van der Waals surface area contributed by atoms with Gasteiger partial charge in [0.25, 0.3) is 5.91 Å². The smallest absolute Gasteiger partial charge is 0.345 e. The number of benzene rings is 3. The van der Waals surface area contributed by atoms with Crippen LogP contribution in [0, 0.1) is 0 Å². The zero-order chi connectivity index (χ0) is 27.5. The van der Waals surface area contributed by atoms with Crippen LogP contribution < -0.4 is 5.32 Å². The molecule has 4 aromatic rings. The highest BCUT2D eigenvalue weighted by molar-refractivity contribution is 9.10. The van der Waals surface area contributed by atoms with Crippen LogP contribution in [0.1, 0.15) is 53.6 Å². The molecular formula is C28H26BrF3N4OS. The molecule has 5 nitrogen and oxygen atoms in total. The minimum atomic E-state index is -4.50.